The number of hydrogen-bond donors (Lipinski definition) is 0. The van der Waals surface area contributed by atoms with Gasteiger partial charge in [0, 0.05) is 95.7 Å². The highest BCUT2D eigenvalue weighted by molar-refractivity contribution is 8.04. The van der Waals surface area contributed by atoms with E-state index >= 15 is 0 Å². The fourth-order valence-corrected chi connectivity index (χ4v) is 6.14. The molecule has 8 heteroatoms. The van der Waals surface area contributed by atoms with Crippen molar-refractivity contribution in [3.63, 3.8) is 0 Å². The molecule has 6 nitrogen and oxygen atoms in total. The lowest BCUT2D eigenvalue weighted by Crippen LogP contribution is -2.59. The molecule has 0 N–H and O–H groups in total. The van der Waals surface area contributed by atoms with Crippen LogP contribution in [-0.2, 0) is 11.8 Å². The topological polar surface area (TPSA) is 21.4 Å². The van der Waals surface area contributed by atoms with Crippen LogP contribution in [0.15, 0.2) is 73.6 Å². The molecule has 152 valence electrons. The zero-order valence-corrected chi connectivity index (χ0v) is 19.7. The molecule has 0 aromatic carbocycles. The molecular weight excluding hydrogens is 399 g/mol. The Morgan fingerprint density at radius 3 is 0.897 bits per heavy atom. The summed E-state index contributed by atoms with van der Waals surface area (Å²) in [5, 5.41) is 0. The summed E-state index contributed by atoms with van der Waals surface area (Å²) in [7, 11) is 12.2. The van der Waals surface area contributed by atoms with Crippen molar-refractivity contribution in [2.75, 3.05) is 57.0 Å². The van der Waals surface area contributed by atoms with Crippen molar-refractivity contribution in [3.8, 4) is 0 Å². The zero-order valence-electron chi connectivity index (χ0n) is 18.0. The van der Waals surface area contributed by atoms with Crippen molar-refractivity contribution >= 4 is 35.4 Å². The summed E-state index contributed by atoms with van der Waals surface area (Å²) in [6.45, 7) is -2.40. The molecule has 3 aromatic heterocycles. The van der Waals surface area contributed by atoms with Gasteiger partial charge in [-0.05, 0) is 0 Å². The van der Waals surface area contributed by atoms with Crippen molar-refractivity contribution < 1.29 is 13.0 Å². The molecule has 3 heterocycles. The minimum Gasteiger partial charge on any atom is -0.377 e. The number of hydrogen-bond acceptors (Lipinski definition) is 4. The predicted molar refractivity (Wildman–Crippen MR) is 123 cm³/mol. The summed E-state index contributed by atoms with van der Waals surface area (Å²) < 4.78 is 6.46. The van der Waals surface area contributed by atoms with Crippen LogP contribution in [0.1, 0.15) is 0 Å². The third kappa shape index (κ3) is 4.26. The van der Waals surface area contributed by atoms with E-state index in [0.29, 0.717) is 0 Å². The van der Waals surface area contributed by atoms with Gasteiger partial charge in [0.15, 0.2) is 37.2 Å². The van der Waals surface area contributed by atoms with Gasteiger partial charge in [0.05, 0.1) is 0 Å². The predicted octanol–water partition coefficient (Wildman–Crippen LogP) is 1.92. The molecular formula is C21H30N6PS+3. The van der Waals surface area contributed by atoms with Crippen LogP contribution in [0.4, 0.5) is 17.1 Å². The lowest BCUT2D eigenvalue weighted by Gasteiger charge is -2.13. The van der Waals surface area contributed by atoms with Crippen LogP contribution in [0.2, 0.25) is 0 Å². The van der Waals surface area contributed by atoms with Crippen molar-refractivity contribution in [1.29, 1.82) is 0 Å². The molecule has 0 aliphatic carbocycles. The third-order valence-electron chi connectivity index (χ3n) is 4.84. The van der Waals surface area contributed by atoms with Gasteiger partial charge in [0.25, 0.3) is 0 Å². The third-order valence-corrected chi connectivity index (χ3v) is 9.14. The molecule has 0 atom stereocenters. The highest BCUT2D eigenvalue weighted by atomic mass is 32.4. The molecule has 0 fully saturated rings. The Morgan fingerprint density at radius 1 is 0.517 bits per heavy atom. The van der Waals surface area contributed by atoms with E-state index in [1.54, 1.807) is 0 Å². The van der Waals surface area contributed by atoms with Gasteiger partial charge in [0.1, 0.15) is 11.8 Å². The normalized spacial score (nSPS) is 11.2. The van der Waals surface area contributed by atoms with Gasteiger partial charge < -0.3 is 14.7 Å². The van der Waals surface area contributed by atoms with Crippen LogP contribution >= 0.6 is 6.49 Å². The van der Waals surface area contributed by atoms with Crippen LogP contribution in [-0.4, -0.2) is 42.3 Å². The average molecular weight is 430 g/mol. The van der Waals surface area contributed by atoms with Gasteiger partial charge in [-0.1, -0.05) is 13.0 Å². The largest absolute Gasteiger partial charge is 0.699 e. The Kier molecular flexibility index (Phi) is 6.20. The highest BCUT2D eigenvalue weighted by Crippen LogP contribution is 2.29. The van der Waals surface area contributed by atoms with Crippen molar-refractivity contribution in [2.24, 2.45) is 0 Å². The first-order chi connectivity index (χ1) is 13.7. The van der Waals surface area contributed by atoms with E-state index in [1.165, 1.54) is 0 Å². The monoisotopic (exact) mass is 429 g/mol. The summed E-state index contributed by atoms with van der Waals surface area (Å²) in [6.07, 6.45) is 12.5. The second kappa shape index (κ2) is 8.47. The van der Waals surface area contributed by atoms with Crippen molar-refractivity contribution in [2.45, 2.75) is 0 Å². The van der Waals surface area contributed by atoms with E-state index in [4.69, 9.17) is 11.8 Å². The lowest BCUT2D eigenvalue weighted by molar-refractivity contribution is -0.735. The zero-order chi connectivity index (χ0) is 21.2. The van der Waals surface area contributed by atoms with Crippen LogP contribution < -0.4 is 27.7 Å². The van der Waals surface area contributed by atoms with Crippen LogP contribution in [0.5, 0.6) is 0 Å². The van der Waals surface area contributed by atoms with E-state index < -0.39 is 6.49 Å². The summed E-state index contributed by atoms with van der Waals surface area (Å²) >= 11 is 6.39. The minimum absolute atomic E-state index is 1.14. The van der Waals surface area contributed by atoms with E-state index in [9.17, 15) is 0 Å². The minimum atomic E-state index is -2.40. The second-order valence-corrected chi connectivity index (χ2v) is 11.4. The van der Waals surface area contributed by atoms with E-state index in [-0.39, 0.29) is 0 Å². The number of anilines is 3. The van der Waals surface area contributed by atoms with Gasteiger partial charge in [-0.15, -0.1) is 0 Å². The molecule has 29 heavy (non-hydrogen) atoms. The molecule has 0 radical (unpaired) electrons. The quantitative estimate of drug-likeness (QED) is 0.558. The molecule has 0 aliphatic rings. The van der Waals surface area contributed by atoms with Gasteiger partial charge >= 0.3 is 6.49 Å². The molecule has 0 saturated heterocycles. The maximum atomic E-state index is 6.39. The number of rotatable bonds is 6. The van der Waals surface area contributed by atoms with Crippen molar-refractivity contribution in [1.82, 2.24) is 0 Å². The molecule has 0 saturated carbocycles. The summed E-state index contributed by atoms with van der Waals surface area (Å²) in [4.78, 5) is 6.27. The van der Waals surface area contributed by atoms with Gasteiger partial charge in [-0.2, -0.15) is 0 Å². The summed E-state index contributed by atoms with van der Waals surface area (Å²) in [5.41, 5.74) is 3.43. The Labute approximate surface area is 179 Å². The fourth-order valence-electron chi connectivity index (χ4n) is 3.01. The molecule has 0 bridgehead atoms. The van der Waals surface area contributed by atoms with Gasteiger partial charge in [-0.25, -0.2) is 0 Å². The molecule has 0 aliphatic heterocycles. The maximum Gasteiger partial charge on any atom is 0.699 e. The van der Waals surface area contributed by atoms with E-state index in [2.05, 4.69) is 101 Å². The summed E-state index contributed by atoms with van der Waals surface area (Å²) in [6, 6.07) is 12.6. The van der Waals surface area contributed by atoms with Crippen LogP contribution in [0.25, 0.3) is 0 Å². The molecule has 0 spiro atoms. The van der Waals surface area contributed by atoms with E-state index in [1.807, 2.05) is 42.3 Å². The SMILES string of the molecule is CN(C)c1cc[n+](P(=S)([n+]2ccc(N(C)C)cc2)[n+]2ccc(N(C)C)cc2)cc1. The first-order valence-corrected chi connectivity index (χ1v) is 12.1. The number of nitrogens with zero attached hydrogens (tertiary/aromatic N) is 6. The lowest BCUT2D eigenvalue weighted by atomic mass is 10.4. The van der Waals surface area contributed by atoms with E-state index in [0.717, 1.165) is 17.1 Å². The average Bonchev–Trinajstić information content (AvgIpc) is 2.73. The van der Waals surface area contributed by atoms with Gasteiger partial charge in [0.2, 0.25) is 0 Å². The second-order valence-electron chi connectivity index (χ2n) is 7.51. The number of aromatic nitrogens is 3. The molecule has 3 aromatic rings. The van der Waals surface area contributed by atoms with Gasteiger partial charge in [-0.3, -0.25) is 0 Å². The van der Waals surface area contributed by atoms with Crippen LogP contribution in [0, 0.1) is 0 Å². The Bertz CT molecular complexity index is 867. The molecule has 0 unspecified atom stereocenters. The summed E-state index contributed by atoms with van der Waals surface area (Å²) in [5.74, 6) is 0. The fraction of sp³-hybridized carbons (Fsp3) is 0.286. The first-order valence-electron chi connectivity index (χ1n) is 9.42. The Balaban J connectivity index is 2.15. The highest BCUT2D eigenvalue weighted by Gasteiger charge is 2.51. The maximum absolute atomic E-state index is 6.39. The first kappa shape index (κ1) is 21.2. The molecule has 0 amide bonds. The molecule has 3 rings (SSSR count). The standard InChI is InChI=1S/C21H30N6PS/c1-22(2)19-7-13-25(14-8-19)28(29,26-15-9-20(10-16-26)23(3)4)27-17-11-21(12-18-27)24(5)6/h7-18H,1-6H3/q+3. The van der Waals surface area contributed by atoms with Crippen LogP contribution in [0.3, 0.4) is 0 Å². The van der Waals surface area contributed by atoms with Crippen molar-refractivity contribution in [3.05, 3.63) is 73.6 Å². The number of pyridine rings is 3. The smallest absolute Gasteiger partial charge is 0.377 e. The Hall–Kier alpha value is -2.50. The Morgan fingerprint density at radius 2 is 0.724 bits per heavy atom.